The van der Waals surface area contributed by atoms with Gasteiger partial charge in [-0.25, -0.2) is 4.39 Å². The van der Waals surface area contributed by atoms with Crippen LogP contribution in [0, 0.1) is 5.82 Å². The van der Waals surface area contributed by atoms with Crippen LogP contribution in [0.5, 0.6) is 0 Å². The lowest BCUT2D eigenvalue weighted by Crippen LogP contribution is -2.29. The number of azo groups is 1. The molecule has 0 spiro atoms. The number of benzene rings is 2. The maximum atomic E-state index is 14.2. The quantitative estimate of drug-likeness (QED) is 0.630. The van der Waals surface area contributed by atoms with Gasteiger partial charge in [-0.2, -0.15) is 5.11 Å². The molecular weight excluding hydrogens is 339 g/mol. The van der Waals surface area contributed by atoms with Crippen LogP contribution >= 0.6 is 0 Å². The average Bonchev–Trinajstić information content (AvgIpc) is 2.61. The molecule has 7 nitrogen and oxygen atoms in total. The molecule has 2 aromatic rings. The van der Waals surface area contributed by atoms with Gasteiger partial charge in [0.25, 0.3) is 0 Å². The molecule has 0 heterocycles. The van der Waals surface area contributed by atoms with Crippen molar-refractivity contribution in [3.05, 3.63) is 48.3 Å². The van der Waals surface area contributed by atoms with Crippen molar-refractivity contribution in [2.45, 2.75) is 6.92 Å². The van der Waals surface area contributed by atoms with Gasteiger partial charge in [0.05, 0.1) is 18.9 Å². The van der Waals surface area contributed by atoms with Crippen molar-refractivity contribution in [3.8, 4) is 0 Å². The van der Waals surface area contributed by atoms with Crippen LogP contribution in [0.2, 0.25) is 0 Å². The van der Waals surface area contributed by atoms with Crippen LogP contribution in [-0.4, -0.2) is 42.4 Å². The number of hydrogen-bond donors (Lipinski definition) is 3. The van der Waals surface area contributed by atoms with E-state index < -0.39 is 5.82 Å². The molecule has 0 bridgehead atoms. The van der Waals surface area contributed by atoms with Gasteiger partial charge in [0.1, 0.15) is 5.69 Å². The zero-order chi connectivity index (χ0) is 18.9. The monoisotopic (exact) mass is 360 g/mol. The van der Waals surface area contributed by atoms with Crippen LogP contribution in [0.4, 0.5) is 27.1 Å². The highest BCUT2D eigenvalue weighted by atomic mass is 19.1. The first-order valence-corrected chi connectivity index (χ1v) is 8.09. The third kappa shape index (κ3) is 5.61. The first-order valence-electron chi connectivity index (χ1n) is 8.09. The van der Waals surface area contributed by atoms with E-state index in [4.69, 9.17) is 10.2 Å². The summed E-state index contributed by atoms with van der Waals surface area (Å²) in [5.74, 6) is -0.722. The summed E-state index contributed by atoms with van der Waals surface area (Å²) < 4.78 is 14.2. The Labute approximate surface area is 150 Å². The van der Waals surface area contributed by atoms with E-state index in [-0.39, 0.29) is 24.8 Å². The normalized spacial score (nSPS) is 10.9. The minimum atomic E-state index is -0.554. The van der Waals surface area contributed by atoms with E-state index in [0.717, 1.165) is 0 Å². The molecule has 8 heteroatoms. The molecule has 138 valence electrons. The minimum Gasteiger partial charge on any atom is -0.395 e. The third-order valence-electron chi connectivity index (χ3n) is 3.50. The summed E-state index contributed by atoms with van der Waals surface area (Å²) >= 11 is 0. The molecule has 0 saturated heterocycles. The Morgan fingerprint density at radius 1 is 1.08 bits per heavy atom. The topological polar surface area (TPSA) is 97.5 Å². The number of halogens is 1. The molecule has 0 fully saturated rings. The lowest BCUT2D eigenvalue weighted by Gasteiger charge is -2.23. The maximum Gasteiger partial charge on any atom is 0.221 e. The van der Waals surface area contributed by atoms with Crippen molar-refractivity contribution >= 4 is 28.7 Å². The van der Waals surface area contributed by atoms with Gasteiger partial charge in [0.15, 0.2) is 5.82 Å². The van der Waals surface area contributed by atoms with E-state index in [1.54, 1.807) is 35.2 Å². The van der Waals surface area contributed by atoms with Gasteiger partial charge in [-0.3, -0.25) is 4.79 Å². The number of anilines is 2. The fraction of sp³-hybridized carbons (Fsp3) is 0.278. The van der Waals surface area contributed by atoms with Crippen molar-refractivity contribution in [2.75, 3.05) is 36.5 Å². The highest BCUT2D eigenvalue weighted by Crippen LogP contribution is 2.26. The largest absolute Gasteiger partial charge is 0.395 e. The lowest BCUT2D eigenvalue weighted by molar-refractivity contribution is -0.114. The second-order valence-corrected chi connectivity index (χ2v) is 5.50. The zero-order valence-corrected chi connectivity index (χ0v) is 14.4. The molecule has 1 amide bonds. The van der Waals surface area contributed by atoms with Crippen LogP contribution in [0.25, 0.3) is 0 Å². The Kier molecular flexibility index (Phi) is 7.19. The predicted octanol–water partition coefficient (Wildman–Crippen LogP) is 2.99. The summed E-state index contributed by atoms with van der Waals surface area (Å²) in [5.41, 5.74) is 1.78. The fourth-order valence-corrected chi connectivity index (χ4v) is 2.31. The Hall–Kier alpha value is -2.84. The molecule has 2 rings (SSSR count). The number of aliphatic hydroxyl groups is 2. The Bertz CT molecular complexity index is 760. The van der Waals surface area contributed by atoms with Crippen molar-refractivity contribution in [1.82, 2.24) is 0 Å². The molecule has 0 radical (unpaired) electrons. The molecule has 0 saturated carbocycles. The number of amides is 1. The zero-order valence-electron chi connectivity index (χ0n) is 14.4. The second kappa shape index (κ2) is 9.59. The molecule has 2 aromatic carbocycles. The van der Waals surface area contributed by atoms with Gasteiger partial charge in [0.2, 0.25) is 5.91 Å². The van der Waals surface area contributed by atoms with Crippen LogP contribution < -0.4 is 10.2 Å². The van der Waals surface area contributed by atoms with E-state index in [1.807, 2.05) is 0 Å². The smallest absolute Gasteiger partial charge is 0.221 e. The highest BCUT2D eigenvalue weighted by Gasteiger charge is 2.09. The molecule has 26 heavy (non-hydrogen) atoms. The number of nitrogens with zero attached hydrogens (tertiary/aromatic N) is 3. The number of carbonyl (C=O) groups is 1. The average molecular weight is 360 g/mol. The van der Waals surface area contributed by atoms with Crippen LogP contribution in [0.1, 0.15) is 6.92 Å². The molecule has 3 N–H and O–H groups in total. The molecule has 0 aromatic heterocycles. The number of rotatable bonds is 8. The number of hydrogen-bond acceptors (Lipinski definition) is 6. The molecule has 0 aliphatic carbocycles. The maximum absolute atomic E-state index is 14.2. The summed E-state index contributed by atoms with van der Waals surface area (Å²) in [5, 5.41) is 28.6. The predicted molar refractivity (Wildman–Crippen MR) is 97.7 cm³/mol. The first-order chi connectivity index (χ1) is 12.5. The van der Waals surface area contributed by atoms with Crippen LogP contribution in [0.3, 0.4) is 0 Å². The Balaban J connectivity index is 2.11. The van der Waals surface area contributed by atoms with Gasteiger partial charge in [-0.15, -0.1) is 5.11 Å². The van der Waals surface area contributed by atoms with Crippen molar-refractivity contribution in [2.24, 2.45) is 10.2 Å². The van der Waals surface area contributed by atoms with Crippen LogP contribution in [-0.2, 0) is 4.79 Å². The Morgan fingerprint density at radius 2 is 1.73 bits per heavy atom. The van der Waals surface area contributed by atoms with Gasteiger partial charge < -0.3 is 20.4 Å². The van der Waals surface area contributed by atoms with Crippen molar-refractivity contribution < 1.29 is 19.4 Å². The number of nitrogens with one attached hydrogen (secondary N) is 1. The standard InChI is InChI=1S/C18H21FN4O3/c1-13(26)20-14-2-4-15(5-3-14)21-22-18-7-6-16(12-17(18)19)23(8-10-24)9-11-25/h2-7,12,24-25H,8-11H2,1H3,(H,20,26)/b22-21+. The van der Waals surface area contributed by atoms with E-state index >= 15 is 0 Å². The summed E-state index contributed by atoms with van der Waals surface area (Å²) in [7, 11) is 0. The lowest BCUT2D eigenvalue weighted by atomic mass is 10.2. The van der Waals surface area contributed by atoms with E-state index in [2.05, 4.69) is 15.5 Å². The van der Waals surface area contributed by atoms with E-state index in [0.29, 0.717) is 30.2 Å². The van der Waals surface area contributed by atoms with Gasteiger partial charge in [-0.1, -0.05) is 0 Å². The fourth-order valence-electron chi connectivity index (χ4n) is 2.31. The van der Waals surface area contributed by atoms with E-state index in [9.17, 15) is 9.18 Å². The molecular formula is C18H21FN4O3. The van der Waals surface area contributed by atoms with Gasteiger partial charge in [-0.05, 0) is 42.5 Å². The molecule has 0 atom stereocenters. The SMILES string of the molecule is CC(=O)Nc1ccc(/N=N/c2ccc(N(CCO)CCO)cc2F)cc1. The third-order valence-corrected chi connectivity index (χ3v) is 3.50. The van der Waals surface area contributed by atoms with Gasteiger partial charge >= 0.3 is 0 Å². The van der Waals surface area contributed by atoms with Crippen LogP contribution in [0.15, 0.2) is 52.7 Å². The van der Waals surface area contributed by atoms with Gasteiger partial charge in [0, 0.05) is 31.4 Å². The van der Waals surface area contributed by atoms with E-state index in [1.165, 1.54) is 19.1 Å². The molecule has 0 unspecified atom stereocenters. The summed E-state index contributed by atoms with van der Waals surface area (Å²) in [4.78, 5) is 12.6. The Morgan fingerprint density at radius 3 is 2.27 bits per heavy atom. The number of carbonyl (C=O) groups excluding carboxylic acids is 1. The molecule has 0 aliphatic rings. The number of aliphatic hydroxyl groups excluding tert-OH is 2. The summed E-state index contributed by atoms with van der Waals surface area (Å²) in [6.07, 6.45) is 0. The van der Waals surface area contributed by atoms with Crippen molar-refractivity contribution in [1.29, 1.82) is 0 Å². The highest BCUT2D eigenvalue weighted by molar-refractivity contribution is 5.88. The first kappa shape index (κ1) is 19.5. The summed E-state index contributed by atoms with van der Waals surface area (Å²) in [6, 6.07) is 11.1. The van der Waals surface area contributed by atoms with Crippen molar-refractivity contribution in [3.63, 3.8) is 0 Å². The minimum absolute atomic E-state index is 0.0765. The second-order valence-electron chi connectivity index (χ2n) is 5.50. The molecule has 0 aliphatic heterocycles. The summed E-state index contributed by atoms with van der Waals surface area (Å²) in [6.45, 7) is 1.81.